The number of nitrogens with one attached hydrogen (secondary N) is 2. The molecular formula is C20H23N5O. The van der Waals surface area contributed by atoms with Crippen LogP contribution in [0.5, 0.6) is 0 Å². The number of hydrogen-bond donors (Lipinski definition) is 2. The Morgan fingerprint density at radius 2 is 1.81 bits per heavy atom. The molecule has 26 heavy (non-hydrogen) atoms. The van der Waals surface area contributed by atoms with Crippen LogP contribution in [0.15, 0.2) is 54.9 Å². The summed E-state index contributed by atoms with van der Waals surface area (Å²) in [6.07, 6.45) is 5.65. The first kappa shape index (κ1) is 16.6. The maximum Gasteiger partial charge on any atom is 0.259 e. The van der Waals surface area contributed by atoms with E-state index in [0.29, 0.717) is 11.6 Å². The maximum atomic E-state index is 12.8. The third-order valence-electron chi connectivity index (χ3n) is 4.92. The van der Waals surface area contributed by atoms with Gasteiger partial charge in [-0.25, -0.2) is 4.52 Å². The van der Waals surface area contributed by atoms with Crippen molar-refractivity contribution in [2.75, 3.05) is 30.8 Å². The molecule has 3 aromatic rings. The zero-order valence-corrected chi connectivity index (χ0v) is 14.9. The number of anilines is 2. The highest BCUT2D eigenvalue weighted by molar-refractivity contribution is 6.09. The van der Waals surface area contributed by atoms with E-state index in [1.165, 1.54) is 0 Å². The van der Waals surface area contributed by atoms with E-state index in [9.17, 15) is 4.79 Å². The number of para-hydroxylation sites is 2. The monoisotopic (exact) mass is 349 g/mol. The molecule has 134 valence electrons. The van der Waals surface area contributed by atoms with E-state index >= 15 is 0 Å². The van der Waals surface area contributed by atoms with E-state index in [4.69, 9.17) is 0 Å². The van der Waals surface area contributed by atoms with Gasteiger partial charge >= 0.3 is 0 Å². The minimum absolute atomic E-state index is 0.149. The second-order valence-electron chi connectivity index (χ2n) is 6.81. The number of likely N-dealkylation sites (tertiary alicyclic amines) is 1. The molecule has 1 fully saturated rings. The van der Waals surface area contributed by atoms with Crippen molar-refractivity contribution in [1.82, 2.24) is 14.5 Å². The lowest BCUT2D eigenvalue weighted by atomic mass is 10.0. The Bertz CT molecular complexity index is 911. The van der Waals surface area contributed by atoms with E-state index in [1.807, 2.05) is 48.7 Å². The highest BCUT2D eigenvalue weighted by Crippen LogP contribution is 2.25. The molecule has 3 heterocycles. The number of rotatable bonds is 4. The van der Waals surface area contributed by atoms with Gasteiger partial charge in [0.1, 0.15) is 0 Å². The molecule has 0 spiro atoms. The topological polar surface area (TPSA) is 61.7 Å². The summed E-state index contributed by atoms with van der Waals surface area (Å²) in [4.78, 5) is 15.1. The standard InChI is InChI=1S/C20H23N5O/c1-24-12-9-15(10-13-24)22-17-6-2-3-7-18(17)23-20(26)16-14-21-25-11-5-4-8-19(16)25/h2-8,11,14-15,22H,9-10,12-13H2,1H3,(H,23,26). The van der Waals surface area contributed by atoms with Gasteiger partial charge in [-0.05, 0) is 57.2 Å². The molecule has 1 aliphatic heterocycles. The van der Waals surface area contributed by atoms with Crippen molar-refractivity contribution in [2.45, 2.75) is 18.9 Å². The number of hydrogen-bond acceptors (Lipinski definition) is 4. The van der Waals surface area contributed by atoms with E-state index in [1.54, 1.807) is 10.7 Å². The van der Waals surface area contributed by atoms with Crippen molar-refractivity contribution >= 4 is 22.8 Å². The molecule has 4 rings (SSSR count). The van der Waals surface area contributed by atoms with Crippen molar-refractivity contribution in [3.05, 3.63) is 60.4 Å². The molecule has 0 aliphatic carbocycles. The van der Waals surface area contributed by atoms with Crippen molar-refractivity contribution < 1.29 is 4.79 Å². The second-order valence-corrected chi connectivity index (χ2v) is 6.81. The fourth-order valence-corrected chi connectivity index (χ4v) is 3.39. The molecule has 0 atom stereocenters. The Labute approximate surface area is 152 Å². The molecule has 6 heteroatoms. The van der Waals surface area contributed by atoms with Crippen LogP contribution in [-0.4, -0.2) is 46.6 Å². The zero-order valence-electron chi connectivity index (χ0n) is 14.9. The van der Waals surface area contributed by atoms with Crippen molar-refractivity contribution in [3.63, 3.8) is 0 Å². The van der Waals surface area contributed by atoms with Crippen LogP contribution in [0.2, 0.25) is 0 Å². The number of aromatic nitrogens is 2. The molecule has 0 saturated carbocycles. The van der Waals surface area contributed by atoms with Gasteiger partial charge in [0.05, 0.1) is 28.7 Å². The minimum atomic E-state index is -0.149. The molecule has 1 aromatic carbocycles. The van der Waals surface area contributed by atoms with Crippen LogP contribution in [0.3, 0.4) is 0 Å². The van der Waals surface area contributed by atoms with Gasteiger partial charge < -0.3 is 15.5 Å². The Kier molecular flexibility index (Phi) is 4.58. The average molecular weight is 349 g/mol. The Balaban J connectivity index is 1.52. The average Bonchev–Trinajstić information content (AvgIpc) is 3.09. The van der Waals surface area contributed by atoms with Crippen LogP contribution in [0.1, 0.15) is 23.2 Å². The van der Waals surface area contributed by atoms with Gasteiger partial charge in [-0.15, -0.1) is 0 Å². The van der Waals surface area contributed by atoms with Crippen LogP contribution < -0.4 is 10.6 Å². The fourth-order valence-electron chi connectivity index (χ4n) is 3.39. The Hall–Kier alpha value is -2.86. The summed E-state index contributed by atoms with van der Waals surface area (Å²) in [7, 11) is 2.15. The molecule has 0 bridgehead atoms. The molecule has 0 unspecified atom stereocenters. The highest BCUT2D eigenvalue weighted by atomic mass is 16.1. The molecule has 1 amide bonds. The first-order valence-electron chi connectivity index (χ1n) is 8.98. The molecule has 2 N–H and O–H groups in total. The van der Waals surface area contributed by atoms with Crippen LogP contribution in [-0.2, 0) is 0 Å². The van der Waals surface area contributed by atoms with Crippen LogP contribution in [0.25, 0.3) is 5.52 Å². The van der Waals surface area contributed by atoms with Crippen molar-refractivity contribution in [1.29, 1.82) is 0 Å². The number of nitrogens with zero attached hydrogens (tertiary/aromatic N) is 3. The van der Waals surface area contributed by atoms with Crippen LogP contribution in [0.4, 0.5) is 11.4 Å². The lowest BCUT2D eigenvalue weighted by Crippen LogP contribution is -2.36. The van der Waals surface area contributed by atoms with Crippen LogP contribution >= 0.6 is 0 Å². The van der Waals surface area contributed by atoms with E-state index < -0.39 is 0 Å². The molecule has 6 nitrogen and oxygen atoms in total. The molecule has 2 aromatic heterocycles. The predicted molar refractivity (Wildman–Crippen MR) is 104 cm³/mol. The summed E-state index contributed by atoms with van der Waals surface area (Å²) in [5.74, 6) is -0.149. The fraction of sp³-hybridized carbons (Fsp3) is 0.300. The number of pyridine rings is 1. The zero-order chi connectivity index (χ0) is 17.9. The van der Waals surface area contributed by atoms with Gasteiger partial charge in [0.15, 0.2) is 0 Å². The normalized spacial score (nSPS) is 15.9. The number of carbonyl (C=O) groups excluding carboxylic acids is 1. The van der Waals surface area contributed by atoms with E-state index in [0.717, 1.165) is 42.8 Å². The predicted octanol–water partition coefficient (Wildman–Crippen LogP) is 3.09. The summed E-state index contributed by atoms with van der Waals surface area (Å²) >= 11 is 0. The SMILES string of the molecule is CN1CCC(Nc2ccccc2NC(=O)c2cnn3ccccc23)CC1. The number of piperidine rings is 1. The van der Waals surface area contributed by atoms with E-state index in [-0.39, 0.29) is 5.91 Å². The molecule has 0 radical (unpaired) electrons. The first-order valence-corrected chi connectivity index (χ1v) is 8.98. The summed E-state index contributed by atoms with van der Waals surface area (Å²) in [5.41, 5.74) is 3.13. The van der Waals surface area contributed by atoms with Crippen LogP contribution in [0, 0.1) is 0 Å². The van der Waals surface area contributed by atoms with Gasteiger partial charge in [-0.2, -0.15) is 5.10 Å². The quantitative estimate of drug-likeness (QED) is 0.760. The lowest BCUT2D eigenvalue weighted by molar-refractivity contribution is 0.102. The van der Waals surface area contributed by atoms with Crippen molar-refractivity contribution in [3.8, 4) is 0 Å². The maximum absolute atomic E-state index is 12.8. The number of carbonyl (C=O) groups is 1. The third kappa shape index (κ3) is 3.41. The third-order valence-corrected chi connectivity index (χ3v) is 4.92. The van der Waals surface area contributed by atoms with Gasteiger partial charge in [-0.1, -0.05) is 18.2 Å². The smallest absolute Gasteiger partial charge is 0.259 e. The highest BCUT2D eigenvalue weighted by Gasteiger charge is 2.18. The Morgan fingerprint density at radius 3 is 2.62 bits per heavy atom. The summed E-state index contributed by atoms with van der Waals surface area (Å²) in [5, 5.41) is 10.9. The minimum Gasteiger partial charge on any atom is -0.381 e. The largest absolute Gasteiger partial charge is 0.381 e. The van der Waals surface area contributed by atoms with Gasteiger partial charge in [0, 0.05) is 12.2 Å². The Morgan fingerprint density at radius 1 is 1.08 bits per heavy atom. The summed E-state index contributed by atoms with van der Waals surface area (Å²) in [6, 6.07) is 14.0. The lowest BCUT2D eigenvalue weighted by Gasteiger charge is -2.30. The second kappa shape index (κ2) is 7.17. The van der Waals surface area contributed by atoms with Gasteiger partial charge in [0.25, 0.3) is 5.91 Å². The first-order chi connectivity index (χ1) is 12.7. The number of benzene rings is 1. The number of fused-ring (bicyclic) bond motifs is 1. The van der Waals surface area contributed by atoms with Gasteiger partial charge in [-0.3, -0.25) is 4.79 Å². The van der Waals surface area contributed by atoms with Crippen molar-refractivity contribution in [2.24, 2.45) is 0 Å². The summed E-state index contributed by atoms with van der Waals surface area (Å²) < 4.78 is 1.71. The van der Waals surface area contributed by atoms with Gasteiger partial charge in [0.2, 0.25) is 0 Å². The molecule has 1 aliphatic rings. The summed E-state index contributed by atoms with van der Waals surface area (Å²) in [6.45, 7) is 2.18. The molecule has 1 saturated heterocycles. The molecular weight excluding hydrogens is 326 g/mol. The number of amides is 1. The van der Waals surface area contributed by atoms with E-state index in [2.05, 4.69) is 27.7 Å².